The topological polar surface area (TPSA) is 61.4 Å². The molecule has 1 aliphatic rings. The monoisotopic (exact) mass is 301 g/mol. The minimum Gasteiger partial charge on any atom is -0.343 e. The van der Waals surface area contributed by atoms with Crippen molar-refractivity contribution in [3.05, 3.63) is 21.3 Å². The molecule has 2 amide bonds. The molecule has 19 heavy (non-hydrogen) atoms. The Bertz CT molecular complexity index is 456. The zero-order valence-corrected chi connectivity index (χ0v) is 12.0. The Labute approximate surface area is 120 Å². The van der Waals surface area contributed by atoms with Gasteiger partial charge in [0.05, 0.1) is 10.9 Å². The molecule has 0 unspecified atom stereocenters. The minimum atomic E-state index is -0.550. The first-order valence-corrected chi connectivity index (χ1v) is 7.38. The molecule has 0 bridgehead atoms. The fourth-order valence-electron chi connectivity index (χ4n) is 1.88. The largest absolute Gasteiger partial charge is 0.343 e. The van der Waals surface area contributed by atoms with Gasteiger partial charge in [-0.25, -0.2) is 0 Å². The summed E-state index contributed by atoms with van der Waals surface area (Å²) >= 11 is 7.20. The molecule has 0 spiro atoms. The van der Waals surface area contributed by atoms with Crippen LogP contribution in [0.15, 0.2) is 12.1 Å². The van der Waals surface area contributed by atoms with E-state index >= 15 is 0 Å². The fraction of sp³-hybridized carbons (Fsp3) is 0.500. The minimum absolute atomic E-state index is 0.341. The summed E-state index contributed by atoms with van der Waals surface area (Å²) in [6, 6.07) is 3.61. The van der Waals surface area contributed by atoms with Gasteiger partial charge in [-0.1, -0.05) is 11.6 Å². The molecule has 0 aliphatic carbocycles. The molecular weight excluding hydrogens is 286 g/mol. The zero-order chi connectivity index (χ0) is 13.7. The zero-order valence-electron chi connectivity index (χ0n) is 10.4. The lowest BCUT2D eigenvalue weighted by Crippen LogP contribution is -2.44. The summed E-state index contributed by atoms with van der Waals surface area (Å²) in [5.74, 6) is -1.00. The van der Waals surface area contributed by atoms with E-state index in [0.717, 1.165) is 24.4 Å². The van der Waals surface area contributed by atoms with E-state index in [1.165, 1.54) is 11.3 Å². The van der Waals surface area contributed by atoms with Gasteiger partial charge in [0.2, 0.25) is 0 Å². The number of hydrogen-bond acceptors (Lipinski definition) is 4. The second kappa shape index (κ2) is 6.88. The molecule has 2 heterocycles. The van der Waals surface area contributed by atoms with Crippen molar-refractivity contribution in [1.29, 1.82) is 0 Å². The van der Waals surface area contributed by atoms with Crippen molar-refractivity contribution >= 4 is 34.8 Å². The normalized spacial score (nSPS) is 15.9. The molecule has 1 aromatic rings. The summed E-state index contributed by atoms with van der Waals surface area (Å²) in [5, 5.41) is 5.82. The predicted molar refractivity (Wildman–Crippen MR) is 75.2 cm³/mol. The molecular formula is C12H16ClN3O2S. The Kier molecular flexibility index (Phi) is 5.18. The number of carbonyl (C=O) groups is 2. The number of carbonyl (C=O) groups excluding carboxylic acids is 2. The highest BCUT2D eigenvalue weighted by atomic mass is 35.5. The van der Waals surface area contributed by atoms with Gasteiger partial charge in [-0.15, -0.1) is 11.3 Å². The van der Waals surface area contributed by atoms with Crippen LogP contribution in [0.3, 0.4) is 0 Å². The highest BCUT2D eigenvalue weighted by Gasteiger charge is 2.22. The lowest BCUT2D eigenvalue weighted by Gasteiger charge is -2.18. The van der Waals surface area contributed by atoms with Crippen molar-refractivity contribution in [2.75, 3.05) is 26.2 Å². The maximum absolute atomic E-state index is 11.9. The van der Waals surface area contributed by atoms with Gasteiger partial charge in [0.1, 0.15) is 0 Å². The Morgan fingerprint density at radius 1 is 1.37 bits per heavy atom. The van der Waals surface area contributed by atoms with Crippen LogP contribution < -0.4 is 10.6 Å². The molecule has 1 fully saturated rings. The smallest absolute Gasteiger partial charge is 0.311 e. The first-order chi connectivity index (χ1) is 9.16. The van der Waals surface area contributed by atoms with Crippen molar-refractivity contribution in [2.24, 2.45) is 0 Å². The number of thiophene rings is 1. The molecule has 0 radical (unpaired) electrons. The third-order valence-electron chi connectivity index (χ3n) is 2.87. The second-order valence-corrected chi connectivity index (χ2v) is 6.08. The fourth-order valence-corrected chi connectivity index (χ4v) is 2.91. The maximum Gasteiger partial charge on any atom is 0.311 e. The van der Waals surface area contributed by atoms with Crippen molar-refractivity contribution < 1.29 is 9.59 Å². The quantitative estimate of drug-likeness (QED) is 0.796. The number of nitrogens with zero attached hydrogens (tertiary/aromatic N) is 1. The van der Waals surface area contributed by atoms with Crippen LogP contribution in [0.25, 0.3) is 0 Å². The Morgan fingerprint density at radius 3 is 2.95 bits per heavy atom. The summed E-state index contributed by atoms with van der Waals surface area (Å²) in [6.07, 6.45) is 0.875. The molecule has 7 heteroatoms. The molecule has 0 aromatic carbocycles. The summed E-state index contributed by atoms with van der Waals surface area (Å²) in [5.41, 5.74) is 0. The molecule has 1 aliphatic heterocycles. The summed E-state index contributed by atoms with van der Waals surface area (Å²) in [6.45, 7) is 3.17. The van der Waals surface area contributed by atoms with Gasteiger partial charge < -0.3 is 15.5 Å². The Hall–Kier alpha value is -1.11. The number of amides is 2. The third-order valence-corrected chi connectivity index (χ3v) is 4.10. The van der Waals surface area contributed by atoms with Gasteiger partial charge >= 0.3 is 11.8 Å². The molecule has 0 saturated carbocycles. The van der Waals surface area contributed by atoms with E-state index < -0.39 is 11.8 Å². The molecule has 104 valence electrons. The van der Waals surface area contributed by atoms with E-state index in [1.54, 1.807) is 11.0 Å². The summed E-state index contributed by atoms with van der Waals surface area (Å²) < 4.78 is 0.675. The van der Waals surface area contributed by atoms with Crippen molar-refractivity contribution in [1.82, 2.24) is 15.5 Å². The lowest BCUT2D eigenvalue weighted by atomic mass is 10.3. The van der Waals surface area contributed by atoms with Crippen molar-refractivity contribution in [2.45, 2.75) is 13.0 Å². The van der Waals surface area contributed by atoms with E-state index in [1.807, 2.05) is 6.07 Å². The van der Waals surface area contributed by atoms with Gasteiger partial charge in [0, 0.05) is 24.5 Å². The van der Waals surface area contributed by atoms with E-state index in [-0.39, 0.29) is 0 Å². The predicted octanol–water partition coefficient (Wildman–Crippen LogP) is 0.840. The third kappa shape index (κ3) is 4.19. The first-order valence-electron chi connectivity index (χ1n) is 6.19. The lowest BCUT2D eigenvalue weighted by molar-refractivity contribution is -0.145. The van der Waals surface area contributed by atoms with Gasteiger partial charge in [-0.05, 0) is 25.1 Å². The van der Waals surface area contributed by atoms with Crippen molar-refractivity contribution in [3.8, 4) is 0 Å². The average molecular weight is 302 g/mol. The SMILES string of the molecule is O=C(NCc1ccc(Cl)s1)C(=O)N1CCCNCC1. The van der Waals surface area contributed by atoms with Gasteiger partial charge in [0.15, 0.2) is 0 Å². The molecule has 5 nitrogen and oxygen atoms in total. The van der Waals surface area contributed by atoms with E-state index in [4.69, 9.17) is 11.6 Å². The number of halogens is 1. The van der Waals surface area contributed by atoms with Gasteiger partial charge in [-0.2, -0.15) is 0 Å². The number of nitrogens with one attached hydrogen (secondary N) is 2. The summed E-state index contributed by atoms with van der Waals surface area (Å²) in [4.78, 5) is 26.3. The van der Waals surface area contributed by atoms with E-state index in [0.29, 0.717) is 24.0 Å². The van der Waals surface area contributed by atoms with Crippen LogP contribution in [0.4, 0.5) is 0 Å². The Morgan fingerprint density at radius 2 is 2.21 bits per heavy atom. The average Bonchev–Trinajstić information content (AvgIpc) is 2.67. The highest BCUT2D eigenvalue weighted by Crippen LogP contribution is 2.20. The van der Waals surface area contributed by atoms with Crippen LogP contribution >= 0.6 is 22.9 Å². The van der Waals surface area contributed by atoms with E-state index in [2.05, 4.69) is 10.6 Å². The van der Waals surface area contributed by atoms with Gasteiger partial charge in [0.25, 0.3) is 0 Å². The molecule has 2 N–H and O–H groups in total. The van der Waals surface area contributed by atoms with Crippen LogP contribution in [0, 0.1) is 0 Å². The van der Waals surface area contributed by atoms with Crippen LogP contribution in [0.2, 0.25) is 4.34 Å². The first kappa shape index (κ1) is 14.3. The second-order valence-electron chi connectivity index (χ2n) is 4.28. The van der Waals surface area contributed by atoms with Crippen LogP contribution in [-0.2, 0) is 16.1 Å². The Balaban J connectivity index is 1.83. The van der Waals surface area contributed by atoms with E-state index in [9.17, 15) is 9.59 Å². The van der Waals surface area contributed by atoms with Crippen LogP contribution in [-0.4, -0.2) is 42.9 Å². The highest BCUT2D eigenvalue weighted by molar-refractivity contribution is 7.16. The molecule has 1 saturated heterocycles. The van der Waals surface area contributed by atoms with Crippen LogP contribution in [0.5, 0.6) is 0 Å². The van der Waals surface area contributed by atoms with Gasteiger partial charge in [-0.3, -0.25) is 9.59 Å². The number of rotatable bonds is 2. The molecule has 2 rings (SSSR count). The van der Waals surface area contributed by atoms with Crippen molar-refractivity contribution in [3.63, 3.8) is 0 Å². The van der Waals surface area contributed by atoms with Crippen LogP contribution in [0.1, 0.15) is 11.3 Å². The standard InChI is InChI=1S/C12H16ClN3O2S/c13-10-3-2-9(19-10)8-15-11(17)12(18)16-6-1-4-14-5-7-16/h2-3,14H,1,4-8H2,(H,15,17). The maximum atomic E-state index is 11.9. The molecule has 0 atom stereocenters. The summed E-state index contributed by atoms with van der Waals surface area (Å²) in [7, 11) is 0. The number of hydrogen-bond donors (Lipinski definition) is 2. The molecule has 1 aromatic heterocycles.